The molecule has 0 amide bonds. The van der Waals surface area contributed by atoms with Gasteiger partial charge in [0.2, 0.25) is 0 Å². The zero-order chi connectivity index (χ0) is 11.7. The van der Waals surface area contributed by atoms with E-state index in [1.54, 1.807) is 7.11 Å². The molecule has 2 aliphatic rings. The average molecular weight is 233 g/mol. The standard InChI is InChI=1S/C14H19NO2/c1-16-12-5-3-11(4-6-12)13-7-10-17-14(15-13)8-2-9-14/h3-6,13,15H,2,7-10H2,1H3. The summed E-state index contributed by atoms with van der Waals surface area (Å²) in [4.78, 5) is 0. The van der Waals surface area contributed by atoms with Gasteiger partial charge in [0.15, 0.2) is 0 Å². The monoisotopic (exact) mass is 233 g/mol. The summed E-state index contributed by atoms with van der Waals surface area (Å²) in [5.74, 6) is 0.916. The van der Waals surface area contributed by atoms with Crippen molar-refractivity contribution in [3.63, 3.8) is 0 Å². The minimum absolute atomic E-state index is 0.0111. The third-order valence-electron chi connectivity index (χ3n) is 3.90. The Bertz CT molecular complexity index is 384. The highest BCUT2D eigenvalue weighted by molar-refractivity contribution is 5.29. The second-order valence-corrected chi connectivity index (χ2v) is 4.96. The quantitative estimate of drug-likeness (QED) is 0.851. The van der Waals surface area contributed by atoms with Crippen molar-refractivity contribution in [2.24, 2.45) is 0 Å². The Balaban J connectivity index is 1.74. The van der Waals surface area contributed by atoms with Crippen LogP contribution in [0.25, 0.3) is 0 Å². The summed E-state index contributed by atoms with van der Waals surface area (Å²) < 4.78 is 11.0. The molecule has 1 saturated carbocycles. The van der Waals surface area contributed by atoms with Gasteiger partial charge in [0.25, 0.3) is 0 Å². The Morgan fingerprint density at radius 2 is 2.06 bits per heavy atom. The maximum atomic E-state index is 5.86. The molecular weight excluding hydrogens is 214 g/mol. The van der Waals surface area contributed by atoms with Crippen molar-refractivity contribution >= 4 is 0 Å². The number of methoxy groups -OCH3 is 1. The van der Waals surface area contributed by atoms with E-state index in [2.05, 4.69) is 17.4 Å². The van der Waals surface area contributed by atoms with Crippen LogP contribution in [0.2, 0.25) is 0 Å². The van der Waals surface area contributed by atoms with Crippen molar-refractivity contribution in [3.05, 3.63) is 29.8 Å². The molecule has 2 fully saturated rings. The lowest BCUT2D eigenvalue weighted by Gasteiger charge is -2.48. The Hall–Kier alpha value is -1.06. The minimum atomic E-state index is -0.0111. The topological polar surface area (TPSA) is 30.5 Å². The summed E-state index contributed by atoms with van der Waals surface area (Å²) in [6, 6.07) is 8.78. The molecule has 3 rings (SSSR count). The van der Waals surface area contributed by atoms with E-state index < -0.39 is 0 Å². The Labute approximate surface area is 102 Å². The molecule has 3 nitrogen and oxygen atoms in total. The molecule has 1 aromatic carbocycles. The fourth-order valence-electron chi connectivity index (χ4n) is 2.68. The van der Waals surface area contributed by atoms with Gasteiger partial charge in [-0.2, -0.15) is 0 Å². The predicted octanol–water partition coefficient (Wildman–Crippen LogP) is 2.63. The van der Waals surface area contributed by atoms with E-state index in [1.165, 1.54) is 12.0 Å². The minimum Gasteiger partial charge on any atom is -0.497 e. The molecule has 0 radical (unpaired) electrons. The zero-order valence-corrected chi connectivity index (χ0v) is 10.2. The molecule has 1 unspecified atom stereocenters. The molecule has 0 aromatic heterocycles. The first-order valence-corrected chi connectivity index (χ1v) is 6.37. The van der Waals surface area contributed by atoms with Gasteiger partial charge in [-0.05, 0) is 43.4 Å². The molecule has 1 spiro atoms. The van der Waals surface area contributed by atoms with Gasteiger partial charge >= 0.3 is 0 Å². The first-order valence-electron chi connectivity index (χ1n) is 6.37. The lowest BCUT2D eigenvalue weighted by atomic mass is 9.85. The van der Waals surface area contributed by atoms with Crippen molar-refractivity contribution in [2.45, 2.75) is 37.5 Å². The molecule has 1 heterocycles. The predicted molar refractivity (Wildman–Crippen MR) is 66.0 cm³/mol. The molecule has 3 heteroatoms. The fourth-order valence-corrected chi connectivity index (χ4v) is 2.68. The summed E-state index contributed by atoms with van der Waals surface area (Å²) in [6.45, 7) is 0.865. The van der Waals surface area contributed by atoms with E-state index in [0.717, 1.165) is 31.6 Å². The van der Waals surface area contributed by atoms with E-state index in [-0.39, 0.29) is 5.72 Å². The largest absolute Gasteiger partial charge is 0.497 e. The van der Waals surface area contributed by atoms with Crippen molar-refractivity contribution in [3.8, 4) is 5.75 Å². The summed E-state index contributed by atoms with van der Waals surface area (Å²) in [6.07, 6.45) is 4.63. The number of benzene rings is 1. The molecule has 17 heavy (non-hydrogen) atoms. The van der Waals surface area contributed by atoms with Gasteiger partial charge in [0.05, 0.1) is 13.7 Å². The van der Waals surface area contributed by atoms with Crippen LogP contribution in [0.15, 0.2) is 24.3 Å². The highest BCUT2D eigenvalue weighted by Crippen LogP contribution is 2.39. The summed E-state index contributed by atoms with van der Waals surface area (Å²) in [5.41, 5.74) is 1.32. The van der Waals surface area contributed by atoms with E-state index in [9.17, 15) is 0 Å². The van der Waals surface area contributed by atoms with Crippen LogP contribution in [0.4, 0.5) is 0 Å². The molecule has 1 N–H and O–H groups in total. The third-order valence-corrected chi connectivity index (χ3v) is 3.90. The number of rotatable bonds is 2. The Morgan fingerprint density at radius 3 is 2.65 bits per heavy atom. The summed E-state index contributed by atoms with van der Waals surface area (Å²) in [5, 5.41) is 3.66. The number of hydrogen-bond acceptors (Lipinski definition) is 3. The van der Waals surface area contributed by atoms with Crippen molar-refractivity contribution in [1.82, 2.24) is 5.32 Å². The van der Waals surface area contributed by atoms with Gasteiger partial charge in [-0.15, -0.1) is 0 Å². The van der Waals surface area contributed by atoms with Crippen LogP contribution in [0.3, 0.4) is 0 Å². The van der Waals surface area contributed by atoms with Crippen LogP contribution in [0, 0.1) is 0 Å². The average Bonchev–Trinajstić information content (AvgIpc) is 2.37. The maximum absolute atomic E-state index is 5.86. The van der Waals surface area contributed by atoms with Crippen molar-refractivity contribution in [2.75, 3.05) is 13.7 Å². The summed E-state index contributed by atoms with van der Waals surface area (Å²) in [7, 11) is 1.70. The van der Waals surface area contributed by atoms with E-state index >= 15 is 0 Å². The second kappa shape index (κ2) is 4.31. The lowest BCUT2D eigenvalue weighted by Crippen LogP contribution is -2.57. The summed E-state index contributed by atoms with van der Waals surface area (Å²) >= 11 is 0. The van der Waals surface area contributed by atoms with Gasteiger partial charge < -0.3 is 9.47 Å². The smallest absolute Gasteiger partial charge is 0.119 e. The number of ether oxygens (including phenoxy) is 2. The van der Waals surface area contributed by atoms with Gasteiger partial charge in [0.1, 0.15) is 11.5 Å². The van der Waals surface area contributed by atoms with E-state index in [4.69, 9.17) is 9.47 Å². The lowest BCUT2D eigenvalue weighted by molar-refractivity contribution is -0.157. The Kier molecular flexibility index (Phi) is 2.81. The highest BCUT2D eigenvalue weighted by Gasteiger charge is 2.42. The zero-order valence-electron chi connectivity index (χ0n) is 10.2. The fraction of sp³-hybridized carbons (Fsp3) is 0.571. The van der Waals surface area contributed by atoms with Crippen molar-refractivity contribution < 1.29 is 9.47 Å². The van der Waals surface area contributed by atoms with Crippen LogP contribution in [-0.4, -0.2) is 19.4 Å². The van der Waals surface area contributed by atoms with Gasteiger partial charge in [-0.1, -0.05) is 12.1 Å². The normalized spacial score (nSPS) is 26.5. The third kappa shape index (κ3) is 2.05. The van der Waals surface area contributed by atoms with Crippen molar-refractivity contribution in [1.29, 1.82) is 0 Å². The van der Waals surface area contributed by atoms with Gasteiger partial charge in [-0.3, -0.25) is 5.32 Å². The van der Waals surface area contributed by atoms with Crippen LogP contribution in [0.5, 0.6) is 5.75 Å². The highest BCUT2D eigenvalue weighted by atomic mass is 16.5. The van der Waals surface area contributed by atoms with Crippen LogP contribution in [-0.2, 0) is 4.74 Å². The number of hydrogen-bond donors (Lipinski definition) is 1. The second-order valence-electron chi connectivity index (χ2n) is 4.96. The molecule has 0 bridgehead atoms. The Morgan fingerprint density at radius 1 is 1.29 bits per heavy atom. The van der Waals surface area contributed by atoms with Crippen LogP contribution in [0.1, 0.15) is 37.3 Å². The first-order chi connectivity index (χ1) is 8.31. The van der Waals surface area contributed by atoms with Gasteiger partial charge in [0, 0.05) is 6.04 Å². The molecule has 92 valence electrons. The van der Waals surface area contributed by atoms with E-state index in [1.807, 2.05) is 12.1 Å². The molecular formula is C14H19NO2. The maximum Gasteiger partial charge on any atom is 0.119 e. The van der Waals surface area contributed by atoms with E-state index in [0.29, 0.717) is 6.04 Å². The molecule has 1 atom stereocenters. The van der Waals surface area contributed by atoms with Crippen LogP contribution < -0.4 is 10.1 Å². The van der Waals surface area contributed by atoms with Gasteiger partial charge in [-0.25, -0.2) is 0 Å². The molecule has 1 aliphatic carbocycles. The molecule has 1 aromatic rings. The SMILES string of the molecule is COc1ccc(C2CCOC3(CCC3)N2)cc1. The number of nitrogens with one attached hydrogen (secondary N) is 1. The van der Waals surface area contributed by atoms with Crippen LogP contribution >= 0.6 is 0 Å². The first kappa shape index (κ1) is 11.1. The molecule has 1 saturated heterocycles. The molecule has 1 aliphatic heterocycles.